The third kappa shape index (κ3) is 3.59. The number of hydrogen-bond acceptors (Lipinski definition) is 5. The molecule has 8 heteroatoms. The Balaban J connectivity index is 1.46. The molecule has 0 unspecified atom stereocenters. The lowest BCUT2D eigenvalue weighted by Crippen LogP contribution is -2.26. The first-order chi connectivity index (χ1) is 13.7. The molecule has 2 aromatic carbocycles. The van der Waals surface area contributed by atoms with E-state index in [1.165, 1.54) is 30.6 Å². The summed E-state index contributed by atoms with van der Waals surface area (Å²) in [4.78, 5) is 17.6. The molecule has 4 aromatic rings. The molecule has 0 radical (unpaired) electrons. The number of nitrogens with zero attached hydrogens (tertiary/aromatic N) is 3. The lowest BCUT2D eigenvalue weighted by Gasteiger charge is -2.08. The Labute approximate surface area is 164 Å². The quantitative estimate of drug-likeness (QED) is 0.541. The molecule has 0 saturated heterocycles. The molecule has 2 aromatic heterocycles. The number of rotatable bonds is 6. The highest BCUT2D eigenvalue weighted by Gasteiger charge is 2.14. The van der Waals surface area contributed by atoms with Crippen molar-refractivity contribution >= 4 is 22.2 Å². The van der Waals surface area contributed by atoms with Crippen molar-refractivity contribution in [1.29, 1.82) is 0 Å². The SMILES string of the molecule is COc1ccccc1C(=O)NCCc1csc2nc(-c3cccc(F)c3)nn12. The molecule has 1 N–H and O–H groups in total. The van der Waals surface area contributed by atoms with Crippen LogP contribution in [0.15, 0.2) is 53.9 Å². The van der Waals surface area contributed by atoms with E-state index in [2.05, 4.69) is 15.4 Å². The van der Waals surface area contributed by atoms with E-state index < -0.39 is 0 Å². The molecule has 28 heavy (non-hydrogen) atoms. The molecular weight excluding hydrogens is 379 g/mol. The van der Waals surface area contributed by atoms with Crippen LogP contribution < -0.4 is 10.1 Å². The minimum atomic E-state index is -0.324. The van der Waals surface area contributed by atoms with Crippen molar-refractivity contribution in [2.45, 2.75) is 6.42 Å². The minimum absolute atomic E-state index is 0.192. The van der Waals surface area contributed by atoms with Crippen LogP contribution in [-0.4, -0.2) is 34.2 Å². The molecule has 0 aliphatic carbocycles. The smallest absolute Gasteiger partial charge is 0.255 e. The van der Waals surface area contributed by atoms with Crippen molar-refractivity contribution in [2.75, 3.05) is 13.7 Å². The molecule has 0 aliphatic rings. The average Bonchev–Trinajstić information content (AvgIpc) is 3.29. The van der Waals surface area contributed by atoms with Crippen LogP contribution in [0.3, 0.4) is 0 Å². The molecule has 0 aliphatic heterocycles. The average molecular weight is 396 g/mol. The Morgan fingerprint density at radius 3 is 2.93 bits per heavy atom. The van der Waals surface area contributed by atoms with Gasteiger partial charge in [0.15, 0.2) is 5.82 Å². The second kappa shape index (κ2) is 7.77. The van der Waals surface area contributed by atoms with E-state index in [4.69, 9.17) is 4.74 Å². The number of thiazole rings is 1. The lowest BCUT2D eigenvalue weighted by atomic mass is 10.2. The van der Waals surface area contributed by atoms with Gasteiger partial charge >= 0.3 is 0 Å². The number of hydrogen-bond donors (Lipinski definition) is 1. The van der Waals surface area contributed by atoms with Gasteiger partial charge in [-0.15, -0.1) is 16.4 Å². The summed E-state index contributed by atoms with van der Waals surface area (Å²) in [5.41, 5.74) is 2.05. The van der Waals surface area contributed by atoms with Crippen LogP contribution in [0.1, 0.15) is 16.1 Å². The highest BCUT2D eigenvalue weighted by molar-refractivity contribution is 7.15. The third-order valence-corrected chi connectivity index (χ3v) is 5.12. The number of carbonyl (C=O) groups is 1. The van der Waals surface area contributed by atoms with Crippen molar-refractivity contribution in [3.05, 3.63) is 71.0 Å². The highest BCUT2D eigenvalue weighted by atomic mass is 32.1. The number of para-hydroxylation sites is 1. The number of ether oxygens (including phenoxy) is 1. The largest absolute Gasteiger partial charge is 0.496 e. The van der Waals surface area contributed by atoms with Gasteiger partial charge in [-0.1, -0.05) is 24.3 Å². The fourth-order valence-electron chi connectivity index (χ4n) is 2.88. The normalized spacial score (nSPS) is 10.9. The molecule has 1 amide bonds. The number of benzene rings is 2. The summed E-state index contributed by atoms with van der Waals surface area (Å²) < 4.78 is 20.4. The summed E-state index contributed by atoms with van der Waals surface area (Å²) in [6, 6.07) is 13.3. The Morgan fingerprint density at radius 2 is 2.11 bits per heavy atom. The third-order valence-electron chi connectivity index (χ3n) is 4.25. The van der Waals surface area contributed by atoms with E-state index in [0.29, 0.717) is 35.7 Å². The summed E-state index contributed by atoms with van der Waals surface area (Å²) in [6.45, 7) is 0.442. The number of aromatic nitrogens is 3. The van der Waals surface area contributed by atoms with Gasteiger partial charge in [0.25, 0.3) is 5.91 Å². The van der Waals surface area contributed by atoms with Gasteiger partial charge in [0.05, 0.1) is 18.4 Å². The molecule has 0 saturated carbocycles. The highest BCUT2D eigenvalue weighted by Crippen LogP contribution is 2.22. The van der Waals surface area contributed by atoms with Crippen molar-refractivity contribution in [3.63, 3.8) is 0 Å². The fraction of sp³-hybridized carbons (Fsp3) is 0.150. The predicted molar refractivity (Wildman–Crippen MR) is 105 cm³/mol. The maximum atomic E-state index is 13.4. The fourth-order valence-corrected chi connectivity index (χ4v) is 3.73. The van der Waals surface area contributed by atoms with Crippen molar-refractivity contribution in [3.8, 4) is 17.1 Å². The second-order valence-electron chi connectivity index (χ2n) is 6.07. The molecule has 2 heterocycles. The lowest BCUT2D eigenvalue weighted by molar-refractivity contribution is 0.0951. The maximum Gasteiger partial charge on any atom is 0.255 e. The molecule has 0 bridgehead atoms. The second-order valence-corrected chi connectivity index (χ2v) is 6.91. The van der Waals surface area contributed by atoms with Crippen LogP contribution in [0.2, 0.25) is 0 Å². The minimum Gasteiger partial charge on any atom is -0.496 e. The van der Waals surface area contributed by atoms with Crippen molar-refractivity contribution in [2.24, 2.45) is 0 Å². The standard InChI is InChI=1S/C20H17FN4O2S/c1-27-17-8-3-2-7-16(17)19(26)22-10-9-15-12-28-20-23-18(24-25(15)20)13-5-4-6-14(21)11-13/h2-8,11-12H,9-10H2,1H3,(H,22,26). The summed E-state index contributed by atoms with van der Waals surface area (Å²) in [5.74, 6) is 0.498. The van der Waals surface area contributed by atoms with Crippen LogP contribution in [0.4, 0.5) is 4.39 Å². The van der Waals surface area contributed by atoms with Crippen LogP contribution in [0.5, 0.6) is 5.75 Å². The first-order valence-corrected chi connectivity index (χ1v) is 9.54. The van der Waals surface area contributed by atoms with E-state index in [1.54, 1.807) is 34.8 Å². The Bertz CT molecular complexity index is 1140. The van der Waals surface area contributed by atoms with Gasteiger partial charge in [-0.3, -0.25) is 4.79 Å². The van der Waals surface area contributed by atoms with Crippen LogP contribution in [-0.2, 0) is 6.42 Å². The first kappa shape index (κ1) is 18.1. The topological polar surface area (TPSA) is 68.5 Å². The number of methoxy groups -OCH3 is 1. The van der Waals surface area contributed by atoms with Gasteiger partial charge in [-0.05, 0) is 24.3 Å². The number of nitrogens with one attached hydrogen (secondary N) is 1. The summed E-state index contributed by atoms with van der Waals surface area (Å²) in [6.07, 6.45) is 0.590. The van der Waals surface area contributed by atoms with Crippen molar-refractivity contribution in [1.82, 2.24) is 19.9 Å². The number of fused-ring (bicyclic) bond motifs is 1. The van der Waals surface area contributed by atoms with E-state index in [-0.39, 0.29) is 11.7 Å². The van der Waals surface area contributed by atoms with Gasteiger partial charge in [-0.25, -0.2) is 8.91 Å². The molecule has 142 valence electrons. The number of carbonyl (C=O) groups excluding carboxylic acids is 1. The zero-order valence-corrected chi connectivity index (χ0v) is 15.9. The summed E-state index contributed by atoms with van der Waals surface area (Å²) in [5, 5.41) is 9.34. The summed E-state index contributed by atoms with van der Waals surface area (Å²) >= 11 is 1.46. The van der Waals surface area contributed by atoms with E-state index in [0.717, 1.165) is 10.7 Å². The molecule has 6 nitrogen and oxygen atoms in total. The van der Waals surface area contributed by atoms with Gasteiger partial charge in [0.1, 0.15) is 11.6 Å². The maximum absolute atomic E-state index is 13.4. The van der Waals surface area contributed by atoms with Gasteiger partial charge in [0, 0.05) is 23.9 Å². The van der Waals surface area contributed by atoms with E-state index >= 15 is 0 Å². The number of halogens is 1. The molecule has 4 rings (SSSR count). The van der Waals surface area contributed by atoms with Gasteiger partial charge < -0.3 is 10.1 Å². The molecule has 0 spiro atoms. The predicted octanol–water partition coefficient (Wildman–Crippen LogP) is 3.58. The molecule has 0 fully saturated rings. The van der Waals surface area contributed by atoms with E-state index in [9.17, 15) is 9.18 Å². The summed E-state index contributed by atoms with van der Waals surface area (Å²) in [7, 11) is 1.54. The zero-order valence-electron chi connectivity index (χ0n) is 15.1. The van der Waals surface area contributed by atoms with Crippen LogP contribution in [0, 0.1) is 5.82 Å². The first-order valence-electron chi connectivity index (χ1n) is 8.66. The Morgan fingerprint density at radius 1 is 1.25 bits per heavy atom. The van der Waals surface area contributed by atoms with Gasteiger partial charge in [0.2, 0.25) is 4.96 Å². The number of amides is 1. The Hall–Kier alpha value is -3.26. The Kier molecular flexibility index (Phi) is 5.03. The molecular formula is C20H17FN4O2S. The van der Waals surface area contributed by atoms with Gasteiger partial charge in [-0.2, -0.15) is 4.98 Å². The zero-order chi connectivity index (χ0) is 19.5. The monoisotopic (exact) mass is 396 g/mol. The van der Waals surface area contributed by atoms with E-state index in [1.807, 2.05) is 11.4 Å². The molecule has 0 atom stereocenters. The van der Waals surface area contributed by atoms with Crippen molar-refractivity contribution < 1.29 is 13.9 Å². The van der Waals surface area contributed by atoms with Crippen LogP contribution in [0.25, 0.3) is 16.3 Å². The van der Waals surface area contributed by atoms with Crippen LogP contribution >= 0.6 is 11.3 Å².